The summed E-state index contributed by atoms with van der Waals surface area (Å²) in [7, 11) is 0. The van der Waals surface area contributed by atoms with Crippen LogP contribution in [0.1, 0.15) is 32.1 Å². The number of ether oxygens (including phenoxy) is 1. The van der Waals surface area contributed by atoms with Crippen LogP contribution in [0.3, 0.4) is 0 Å². The maximum absolute atomic E-state index is 8.37. The molecule has 72 valence electrons. The molecule has 3 heteroatoms. The molecule has 0 amide bonds. The van der Waals surface area contributed by atoms with E-state index in [9.17, 15) is 0 Å². The van der Waals surface area contributed by atoms with Crippen molar-refractivity contribution >= 4 is 0 Å². The summed E-state index contributed by atoms with van der Waals surface area (Å²) in [6.45, 7) is 0.698. The number of hydrogen-bond acceptors (Lipinski definition) is 3. The van der Waals surface area contributed by atoms with Crippen molar-refractivity contribution in [2.75, 3.05) is 6.54 Å². The number of rotatable bonds is 2. The molecule has 2 rings (SSSR count). The minimum atomic E-state index is 0.285. The molecule has 1 N–H and O–H groups in total. The van der Waals surface area contributed by atoms with E-state index in [1.807, 2.05) is 6.19 Å². The average molecular weight is 180 g/mol. The second-order valence-corrected chi connectivity index (χ2v) is 4.07. The molecule has 0 bridgehead atoms. The Morgan fingerprint density at radius 3 is 3.00 bits per heavy atom. The van der Waals surface area contributed by atoms with Gasteiger partial charge < -0.3 is 10.1 Å². The van der Waals surface area contributed by atoms with Gasteiger partial charge in [0.1, 0.15) is 0 Å². The van der Waals surface area contributed by atoms with E-state index in [2.05, 4.69) is 5.32 Å². The fourth-order valence-electron chi connectivity index (χ4n) is 2.55. The van der Waals surface area contributed by atoms with Gasteiger partial charge in [0, 0.05) is 0 Å². The van der Waals surface area contributed by atoms with Gasteiger partial charge >= 0.3 is 0 Å². The number of fused-ring (bicyclic) bond motifs is 1. The fourth-order valence-corrected chi connectivity index (χ4v) is 2.55. The molecule has 1 saturated carbocycles. The predicted octanol–water partition coefficient (Wildman–Crippen LogP) is 1.40. The van der Waals surface area contributed by atoms with Crippen molar-refractivity contribution < 1.29 is 4.74 Å². The molecule has 1 saturated heterocycles. The van der Waals surface area contributed by atoms with Crippen LogP contribution in [0, 0.1) is 17.4 Å². The van der Waals surface area contributed by atoms with Gasteiger partial charge in [-0.15, -0.1) is 0 Å². The molecule has 13 heavy (non-hydrogen) atoms. The van der Waals surface area contributed by atoms with E-state index in [0.717, 1.165) is 12.3 Å². The maximum atomic E-state index is 8.37. The third-order valence-corrected chi connectivity index (χ3v) is 3.18. The first kappa shape index (κ1) is 8.83. The van der Waals surface area contributed by atoms with Gasteiger partial charge in [0.15, 0.2) is 6.19 Å². The van der Waals surface area contributed by atoms with Crippen molar-refractivity contribution in [1.82, 2.24) is 5.32 Å². The van der Waals surface area contributed by atoms with Gasteiger partial charge in [-0.1, -0.05) is 12.8 Å². The van der Waals surface area contributed by atoms with E-state index >= 15 is 0 Å². The second-order valence-electron chi connectivity index (χ2n) is 4.07. The Morgan fingerprint density at radius 2 is 2.23 bits per heavy atom. The third kappa shape index (κ3) is 1.94. The molecule has 3 nitrogen and oxygen atoms in total. The molecule has 0 spiro atoms. The number of nitrogens with zero attached hydrogens (tertiary/aromatic N) is 1. The summed E-state index contributed by atoms with van der Waals surface area (Å²) in [4.78, 5) is 0. The molecule has 1 aliphatic carbocycles. The monoisotopic (exact) mass is 180 g/mol. The van der Waals surface area contributed by atoms with Crippen LogP contribution in [-0.4, -0.2) is 18.8 Å². The average Bonchev–Trinajstić information content (AvgIpc) is 2.57. The lowest BCUT2D eigenvalue weighted by Crippen LogP contribution is -2.24. The Hall–Kier alpha value is -0.750. The molecule has 3 unspecified atom stereocenters. The van der Waals surface area contributed by atoms with E-state index in [-0.39, 0.29) is 6.10 Å². The van der Waals surface area contributed by atoms with Crippen molar-refractivity contribution in [1.29, 1.82) is 5.26 Å². The molecule has 2 fully saturated rings. The standard InChI is InChI=1S/C10H16N2O/c11-7-12-6-9-5-8-3-1-2-4-10(8)13-9/h8-10,12H,1-6H2. The lowest BCUT2D eigenvalue weighted by atomic mass is 9.85. The smallest absolute Gasteiger partial charge is 0.176 e. The SMILES string of the molecule is N#CNCC1CC2CCCCC2O1. The van der Waals surface area contributed by atoms with Crippen LogP contribution < -0.4 is 5.32 Å². The number of nitrogens with one attached hydrogen (secondary N) is 1. The Kier molecular flexibility index (Phi) is 2.70. The van der Waals surface area contributed by atoms with Crippen LogP contribution in [-0.2, 0) is 4.74 Å². The molecule has 1 aliphatic heterocycles. The predicted molar refractivity (Wildman–Crippen MR) is 48.9 cm³/mol. The normalized spacial score (nSPS) is 37.9. The van der Waals surface area contributed by atoms with Crippen molar-refractivity contribution in [2.24, 2.45) is 5.92 Å². The summed E-state index contributed by atoms with van der Waals surface area (Å²) in [5.74, 6) is 0.777. The highest BCUT2D eigenvalue weighted by Gasteiger charge is 2.36. The molecule has 3 atom stereocenters. The quantitative estimate of drug-likeness (QED) is 0.516. The number of nitriles is 1. The van der Waals surface area contributed by atoms with E-state index < -0.39 is 0 Å². The van der Waals surface area contributed by atoms with Crippen LogP contribution in [0.25, 0.3) is 0 Å². The van der Waals surface area contributed by atoms with Crippen LogP contribution in [0.15, 0.2) is 0 Å². The number of hydrogen-bond donors (Lipinski definition) is 1. The summed E-state index contributed by atoms with van der Waals surface area (Å²) in [5.41, 5.74) is 0. The second kappa shape index (κ2) is 3.97. The van der Waals surface area contributed by atoms with Crippen molar-refractivity contribution in [3.05, 3.63) is 0 Å². The van der Waals surface area contributed by atoms with Crippen LogP contribution in [0.4, 0.5) is 0 Å². The van der Waals surface area contributed by atoms with Crippen LogP contribution in [0.5, 0.6) is 0 Å². The van der Waals surface area contributed by atoms with Crippen molar-refractivity contribution in [3.8, 4) is 6.19 Å². The van der Waals surface area contributed by atoms with Crippen LogP contribution in [0.2, 0.25) is 0 Å². The highest BCUT2D eigenvalue weighted by atomic mass is 16.5. The Labute approximate surface area is 79.1 Å². The van der Waals surface area contributed by atoms with Gasteiger partial charge in [-0.3, -0.25) is 0 Å². The van der Waals surface area contributed by atoms with E-state index in [0.29, 0.717) is 12.6 Å². The molecule has 1 heterocycles. The fraction of sp³-hybridized carbons (Fsp3) is 0.900. The summed E-state index contributed by atoms with van der Waals surface area (Å²) in [6, 6.07) is 0. The Morgan fingerprint density at radius 1 is 1.38 bits per heavy atom. The van der Waals surface area contributed by atoms with E-state index in [1.54, 1.807) is 0 Å². The molecular weight excluding hydrogens is 164 g/mol. The van der Waals surface area contributed by atoms with Gasteiger partial charge in [0.05, 0.1) is 18.8 Å². The van der Waals surface area contributed by atoms with E-state index in [1.165, 1.54) is 25.7 Å². The van der Waals surface area contributed by atoms with Gasteiger partial charge in [0.25, 0.3) is 0 Å². The zero-order valence-electron chi connectivity index (χ0n) is 7.83. The summed E-state index contributed by atoms with van der Waals surface area (Å²) in [5, 5.41) is 11.0. The minimum absolute atomic E-state index is 0.285. The van der Waals surface area contributed by atoms with Crippen molar-refractivity contribution in [2.45, 2.75) is 44.3 Å². The topological polar surface area (TPSA) is 45.0 Å². The molecule has 0 radical (unpaired) electrons. The zero-order chi connectivity index (χ0) is 9.10. The molecular formula is C10H16N2O. The zero-order valence-corrected chi connectivity index (χ0v) is 7.83. The summed E-state index contributed by atoms with van der Waals surface area (Å²) in [6.07, 6.45) is 9.12. The van der Waals surface area contributed by atoms with Gasteiger partial charge in [-0.05, 0) is 25.2 Å². The largest absolute Gasteiger partial charge is 0.373 e. The van der Waals surface area contributed by atoms with Crippen molar-refractivity contribution in [3.63, 3.8) is 0 Å². The lowest BCUT2D eigenvalue weighted by Gasteiger charge is -2.23. The first-order valence-electron chi connectivity index (χ1n) is 5.17. The van der Waals surface area contributed by atoms with E-state index in [4.69, 9.17) is 10.00 Å². The Bertz CT molecular complexity index is 197. The third-order valence-electron chi connectivity index (χ3n) is 3.18. The summed E-state index contributed by atoms with van der Waals surface area (Å²) >= 11 is 0. The summed E-state index contributed by atoms with van der Waals surface area (Å²) < 4.78 is 5.85. The highest BCUT2D eigenvalue weighted by molar-refractivity contribution is 4.87. The first-order chi connectivity index (χ1) is 6.40. The Balaban J connectivity index is 1.81. The van der Waals surface area contributed by atoms with Gasteiger partial charge in [0.2, 0.25) is 0 Å². The molecule has 0 aromatic rings. The van der Waals surface area contributed by atoms with Gasteiger partial charge in [-0.25, -0.2) is 0 Å². The first-order valence-corrected chi connectivity index (χ1v) is 5.17. The lowest BCUT2D eigenvalue weighted by molar-refractivity contribution is 0.0210. The highest BCUT2D eigenvalue weighted by Crippen LogP contribution is 2.36. The minimum Gasteiger partial charge on any atom is -0.373 e. The van der Waals surface area contributed by atoms with Crippen LogP contribution >= 0.6 is 0 Å². The molecule has 2 aliphatic rings. The van der Waals surface area contributed by atoms with Gasteiger partial charge in [-0.2, -0.15) is 5.26 Å². The molecule has 0 aromatic carbocycles. The maximum Gasteiger partial charge on any atom is 0.176 e. The molecule has 0 aromatic heterocycles.